The van der Waals surface area contributed by atoms with Crippen LogP contribution in [0.15, 0.2) is 24.5 Å². The van der Waals surface area contributed by atoms with Crippen molar-refractivity contribution in [2.75, 3.05) is 5.73 Å². The number of rotatable bonds is 5. The van der Waals surface area contributed by atoms with Gasteiger partial charge in [-0.2, -0.15) is 5.10 Å². The number of hydrogen-bond donors (Lipinski definition) is 1. The van der Waals surface area contributed by atoms with E-state index in [0.717, 1.165) is 6.54 Å². The van der Waals surface area contributed by atoms with Gasteiger partial charge in [-0.15, -0.1) is 0 Å². The van der Waals surface area contributed by atoms with Crippen LogP contribution in [0.1, 0.15) is 30.0 Å². The van der Waals surface area contributed by atoms with E-state index in [1.165, 1.54) is 12.4 Å². The summed E-state index contributed by atoms with van der Waals surface area (Å²) in [7, 11) is 0. The molecule has 2 rings (SSSR count). The molecule has 0 aliphatic heterocycles. The van der Waals surface area contributed by atoms with E-state index in [-0.39, 0.29) is 17.9 Å². The van der Waals surface area contributed by atoms with Gasteiger partial charge >= 0.3 is 5.97 Å². The number of ether oxygens (including phenoxy) is 1. The first-order valence-corrected chi connectivity index (χ1v) is 6.94. The van der Waals surface area contributed by atoms with E-state index >= 15 is 0 Å². The molecular weight excluding hydrogens is 292 g/mol. The molecule has 21 heavy (non-hydrogen) atoms. The van der Waals surface area contributed by atoms with Crippen molar-refractivity contribution in [1.82, 2.24) is 14.8 Å². The fraction of sp³-hybridized carbons (Fsp3) is 0.357. The number of nitrogens with zero attached hydrogens (tertiary/aromatic N) is 3. The van der Waals surface area contributed by atoms with Crippen LogP contribution in [0.4, 0.5) is 5.69 Å². The molecule has 1 aromatic heterocycles. The topological polar surface area (TPSA) is 83.0 Å². The molecule has 7 heteroatoms. The van der Waals surface area contributed by atoms with Crippen molar-refractivity contribution >= 4 is 23.3 Å². The van der Waals surface area contributed by atoms with E-state index in [4.69, 9.17) is 22.1 Å². The molecule has 0 unspecified atom stereocenters. The van der Waals surface area contributed by atoms with Gasteiger partial charge in [-0.3, -0.25) is 0 Å². The molecule has 0 saturated heterocycles. The molecule has 0 spiro atoms. The lowest BCUT2D eigenvalue weighted by Crippen LogP contribution is -2.14. The first kappa shape index (κ1) is 15.3. The van der Waals surface area contributed by atoms with E-state index < -0.39 is 5.97 Å². The summed E-state index contributed by atoms with van der Waals surface area (Å²) in [4.78, 5) is 16.1. The lowest BCUT2D eigenvalue weighted by Gasteiger charge is -2.10. The zero-order chi connectivity index (χ0) is 15.4. The Hall–Kier alpha value is -2.08. The van der Waals surface area contributed by atoms with Gasteiger partial charge in [0.1, 0.15) is 6.33 Å². The maximum Gasteiger partial charge on any atom is 0.340 e. The van der Waals surface area contributed by atoms with Crippen LogP contribution in [0.2, 0.25) is 5.02 Å². The molecule has 0 bridgehead atoms. The minimum Gasteiger partial charge on any atom is -0.454 e. The second-order valence-corrected chi connectivity index (χ2v) is 5.50. The van der Waals surface area contributed by atoms with Gasteiger partial charge in [0.25, 0.3) is 0 Å². The molecule has 0 saturated carbocycles. The van der Waals surface area contributed by atoms with Gasteiger partial charge in [0.15, 0.2) is 12.4 Å². The highest BCUT2D eigenvalue weighted by Crippen LogP contribution is 2.19. The summed E-state index contributed by atoms with van der Waals surface area (Å²) < 4.78 is 6.96. The summed E-state index contributed by atoms with van der Waals surface area (Å²) in [5.41, 5.74) is 6.32. The monoisotopic (exact) mass is 308 g/mol. The number of esters is 1. The number of hydrogen-bond acceptors (Lipinski definition) is 5. The highest BCUT2D eigenvalue weighted by molar-refractivity contribution is 6.31. The maximum absolute atomic E-state index is 12.0. The highest BCUT2D eigenvalue weighted by Gasteiger charge is 2.14. The lowest BCUT2D eigenvalue weighted by atomic mass is 10.2. The Labute approximate surface area is 127 Å². The third-order valence-corrected chi connectivity index (χ3v) is 3.03. The molecule has 1 aromatic carbocycles. The van der Waals surface area contributed by atoms with E-state index in [0.29, 0.717) is 16.8 Å². The molecule has 2 N–H and O–H groups in total. The van der Waals surface area contributed by atoms with E-state index in [9.17, 15) is 4.79 Å². The van der Waals surface area contributed by atoms with Gasteiger partial charge < -0.3 is 10.5 Å². The molecule has 1 heterocycles. The predicted molar refractivity (Wildman–Crippen MR) is 79.8 cm³/mol. The largest absolute Gasteiger partial charge is 0.454 e. The number of halogens is 1. The number of benzene rings is 1. The van der Waals surface area contributed by atoms with Crippen LogP contribution in [0.25, 0.3) is 0 Å². The van der Waals surface area contributed by atoms with Crippen LogP contribution < -0.4 is 5.73 Å². The van der Waals surface area contributed by atoms with Crippen LogP contribution in [0.5, 0.6) is 0 Å². The molecule has 0 radical (unpaired) electrons. The Morgan fingerprint density at radius 1 is 1.48 bits per heavy atom. The summed E-state index contributed by atoms with van der Waals surface area (Å²) >= 11 is 5.80. The fourth-order valence-corrected chi connectivity index (χ4v) is 2.01. The molecule has 0 fully saturated rings. The van der Waals surface area contributed by atoms with Gasteiger partial charge in [0.2, 0.25) is 0 Å². The Bertz CT molecular complexity index is 640. The van der Waals surface area contributed by atoms with Crippen molar-refractivity contribution in [3.8, 4) is 0 Å². The molecule has 0 atom stereocenters. The number of carbonyl (C=O) groups is 1. The standard InChI is InChI=1S/C14H17ClN4O2/c1-9(2)6-19-13(17-8-18-19)7-21-14(20)11-4-3-10(15)5-12(11)16/h3-5,8-9H,6-7,16H2,1-2H3. The van der Waals surface area contributed by atoms with Crippen LogP contribution >= 0.6 is 11.6 Å². The van der Waals surface area contributed by atoms with Crippen molar-refractivity contribution in [1.29, 1.82) is 0 Å². The maximum atomic E-state index is 12.0. The number of nitrogen functional groups attached to an aromatic ring is 1. The molecule has 2 aromatic rings. The summed E-state index contributed by atoms with van der Waals surface area (Å²) in [6.45, 7) is 4.92. The Kier molecular flexibility index (Phi) is 4.80. The first-order valence-electron chi connectivity index (χ1n) is 6.56. The molecule has 6 nitrogen and oxygen atoms in total. The van der Waals surface area contributed by atoms with Crippen LogP contribution in [-0.4, -0.2) is 20.7 Å². The quantitative estimate of drug-likeness (QED) is 0.678. The number of anilines is 1. The summed E-state index contributed by atoms with van der Waals surface area (Å²) in [6.07, 6.45) is 1.45. The van der Waals surface area contributed by atoms with Crippen molar-refractivity contribution in [2.45, 2.75) is 27.0 Å². The van der Waals surface area contributed by atoms with Gasteiger partial charge in [0.05, 0.1) is 5.56 Å². The van der Waals surface area contributed by atoms with E-state index in [2.05, 4.69) is 23.9 Å². The molecule has 0 aliphatic rings. The van der Waals surface area contributed by atoms with Crippen LogP contribution in [0, 0.1) is 5.92 Å². The zero-order valence-corrected chi connectivity index (χ0v) is 12.7. The van der Waals surface area contributed by atoms with Gasteiger partial charge in [-0.05, 0) is 24.1 Å². The third-order valence-electron chi connectivity index (χ3n) is 2.80. The predicted octanol–water partition coefficient (Wildman–Crippen LogP) is 2.53. The van der Waals surface area contributed by atoms with Gasteiger partial charge in [-0.25, -0.2) is 14.5 Å². The number of nitrogens with two attached hydrogens (primary N) is 1. The fourth-order valence-electron chi connectivity index (χ4n) is 1.83. The Balaban J connectivity index is 2.03. The summed E-state index contributed by atoms with van der Waals surface area (Å²) in [5, 5.41) is 4.58. The number of carbonyl (C=O) groups excluding carboxylic acids is 1. The van der Waals surface area contributed by atoms with Crippen LogP contribution in [-0.2, 0) is 17.9 Å². The molecule has 0 aliphatic carbocycles. The SMILES string of the molecule is CC(C)Cn1ncnc1COC(=O)c1ccc(Cl)cc1N. The summed E-state index contributed by atoms with van der Waals surface area (Å²) in [6, 6.07) is 4.65. The van der Waals surface area contributed by atoms with Crippen LogP contribution in [0.3, 0.4) is 0 Å². The summed E-state index contributed by atoms with van der Waals surface area (Å²) in [5.74, 6) is 0.515. The molecule has 112 valence electrons. The van der Waals surface area contributed by atoms with Crippen molar-refractivity contribution in [2.24, 2.45) is 5.92 Å². The molecular formula is C14H17ClN4O2. The van der Waals surface area contributed by atoms with Crippen molar-refractivity contribution < 1.29 is 9.53 Å². The zero-order valence-electron chi connectivity index (χ0n) is 11.9. The average Bonchev–Trinajstić information content (AvgIpc) is 2.82. The highest BCUT2D eigenvalue weighted by atomic mass is 35.5. The van der Waals surface area contributed by atoms with E-state index in [1.54, 1.807) is 16.8 Å². The van der Waals surface area contributed by atoms with Crippen molar-refractivity contribution in [3.63, 3.8) is 0 Å². The lowest BCUT2D eigenvalue weighted by molar-refractivity contribution is 0.0457. The first-order chi connectivity index (χ1) is 9.97. The second-order valence-electron chi connectivity index (χ2n) is 5.06. The minimum atomic E-state index is -0.511. The van der Waals surface area contributed by atoms with E-state index in [1.807, 2.05) is 0 Å². The van der Waals surface area contributed by atoms with Gasteiger partial charge in [-0.1, -0.05) is 25.4 Å². The smallest absolute Gasteiger partial charge is 0.340 e. The van der Waals surface area contributed by atoms with Gasteiger partial charge in [0, 0.05) is 17.3 Å². The Morgan fingerprint density at radius 2 is 2.24 bits per heavy atom. The number of aromatic nitrogens is 3. The second kappa shape index (κ2) is 6.58. The van der Waals surface area contributed by atoms with Crippen molar-refractivity contribution in [3.05, 3.63) is 40.9 Å². The molecule has 0 amide bonds. The average molecular weight is 309 g/mol. The Morgan fingerprint density at radius 3 is 2.90 bits per heavy atom. The minimum absolute atomic E-state index is 0.0492. The third kappa shape index (κ3) is 3.95. The normalized spacial score (nSPS) is 10.9.